The molecule has 0 aliphatic heterocycles. The molecule has 0 saturated carbocycles. The molecule has 7 heteroatoms. The Kier molecular flexibility index (Phi) is 6.97. The molecule has 132 valence electrons. The quantitative estimate of drug-likeness (QED) is 0.692. The lowest BCUT2D eigenvalue weighted by atomic mass is 10.1. The molecule has 0 unspecified atom stereocenters. The van der Waals surface area contributed by atoms with Gasteiger partial charge in [-0.05, 0) is 58.4 Å². The van der Waals surface area contributed by atoms with Gasteiger partial charge in [-0.2, -0.15) is 0 Å². The average molecular weight is 407 g/mol. The predicted octanol–water partition coefficient (Wildman–Crippen LogP) is 3.09. The van der Waals surface area contributed by atoms with Gasteiger partial charge in [-0.3, -0.25) is 9.59 Å². The monoisotopic (exact) mass is 406 g/mol. The van der Waals surface area contributed by atoms with Crippen LogP contribution in [0, 0.1) is 0 Å². The van der Waals surface area contributed by atoms with E-state index in [4.69, 9.17) is 9.47 Å². The van der Waals surface area contributed by atoms with Crippen LogP contribution in [0.1, 0.15) is 20.7 Å². The summed E-state index contributed by atoms with van der Waals surface area (Å²) in [5.74, 6) is 0.214. The highest BCUT2D eigenvalue weighted by atomic mass is 79.9. The fraction of sp³-hybridized carbons (Fsp3) is 0.222. The zero-order chi connectivity index (χ0) is 18.2. The Morgan fingerprint density at radius 2 is 1.68 bits per heavy atom. The molecule has 0 spiro atoms. The number of hydrogen-bond donors (Lipinski definition) is 2. The summed E-state index contributed by atoms with van der Waals surface area (Å²) in [5, 5.41) is 5.33. The number of benzene rings is 2. The Bertz CT molecular complexity index is 747. The highest BCUT2D eigenvalue weighted by Crippen LogP contribution is 2.26. The van der Waals surface area contributed by atoms with Gasteiger partial charge in [0.15, 0.2) is 0 Å². The normalized spacial score (nSPS) is 10.2. The van der Waals surface area contributed by atoms with Crippen LogP contribution in [0.2, 0.25) is 0 Å². The smallest absolute Gasteiger partial charge is 0.255 e. The summed E-state index contributed by atoms with van der Waals surface area (Å²) in [6.45, 7) is 0.916. The summed E-state index contributed by atoms with van der Waals surface area (Å²) in [6.07, 6.45) is 0. The first-order valence-electron chi connectivity index (χ1n) is 7.60. The fourth-order valence-corrected chi connectivity index (χ4v) is 2.54. The van der Waals surface area contributed by atoms with Crippen molar-refractivity contribution in [3.8, 4) is 5.75 Å². The Balaban J connectivity index is 2.03. The molecule has 0 fully saturated rings. The minimum atomic E-state index is -0.253. The van der Waals surface area contributed by atoms with Crippen LogP contribution >= 0.6 is 15.9 Å². The first-order chi connectivity index (χ1) is 12.0. The van der Waals surface area contributed by atoms with E-state index in [9.17, 15) is 9.59 Å². The number of rotatable bonds is 7. The highest BCUT2D eigenvalue weighted by molar-refractivity contribution is 9.10. The molecule has 2 aromatic carbocycles. The molecular weight excluding hydrogens is 388 g/mol. The molecule has 0 bridgehead atoms. The number of methoxy groups -OCH3 is 1. The van der Waals surface area contributed by atoms with Gasteiger partial charge < -0.3 is 20.1 Å². The molecule has 6 nitrogen and oxygen atoms in total. The molecule has 0 aliphatic carbocycles. The molecular formula is C18H19BrN2O4. The van der Waals surface area contributed by atoms with Crippen molar-refractivity contribution in [2.45, 2.75) is 0 Å². The lowest BCUT2D eigenvalue weighted by molar-refractivity contribution is 0.0962. The lowest BCUT2D eigenvalue weighted by Crippen LogP contribution is -2.17. The number of nitrogens with one attached hydrogen (secondary N) is 2. The maximum Gasteiger partial charge on any atom is 0.255 e. The van der Waals surface area contributed by atoms with E-state index >= 15 is 0 Å². The van der Waals surface area contributed by atoms with Crippen LogP contribution in [0.15, 0.2) is 46.9 Å². The van der Waals surface area contributed by atoms with E-state index in [-0.39, 0.29) is 11.8 Å². The molecule has 0 atom stereocenters. The van der Waals surface area contributed by atoms with Crippen molar-refractivity contribution in [2.24, 2.45) is 0 Å². The van der Waals surface area contributed by atoms with Gasteiger partial charge in [-0.15, -0.1) is 0 Å². The summed E-state index contributed by atoms with van der Waals surface area (Å²) >= 11 is 3.40. The van der Waals surface area contributed by atoms with Crippen molar-refractivity contribution in [1.29, 1.82) is 0 Å². The van der Waals surface area contributed by atoms with E-state index in [1.54, 1.807) is 56.6 Å². The van der Waals surface area contributed by atoms with Crippen molar-refractivity contribution in [3.05, 3.63) is 58.1 Å². The van der Waals surface area contributed by atoms with Gasteiger partial charge in [0.1, 0.15) is 12.4 Å². The molecule has 0 aromatic heterocycles. The third kappa shape index (κ3) is 5.30. The van der Waals surface area contributed by atoms with Crippen LogP contribution in [-0.2, 0) is 4.74 Å². The van der Waals surface area contributed by atoms with Crippen LogP contribution in [0.4, 0.5) is 5.69 Å². The van der Waals surface area contributed by atoms with Crippen LogP contribution in [-0.4, -0.2) is 39.2 Å². The average Bonchev–Trinajstić information content (AvgIpc) is 2.63. The summed E-state index contributed by atoms with van der Waals surface area (Å²) in [6, 6.07) is 11.8. The van der Waals surface area contributed by atoms with Gasteiger partial charge in [0.25, 0.3) is 11.8 Å². The lowest BCUT2D eigenvalue weighted by Gasteiger charge is -2.10. The van der Waals surface area contributed by atoms with Crippen molar-refractivity contribution >= 4 is 33.4 Å². The Hall–Kier alpha value is -2.38. The second-order valence-electron chi connectivity index (χ2n) is 5.10. The van der Waals surface area contributed by atoms with Gasteiger partial charge in [0, 0.05) is 31.0 Å². The van der Waals surface area contributed by atoms with Crippen molar-refractivity contribution in [2.75, 3.05) is 32.7 Å². The van der Waals surface area contributed by atoms with Crippen LogP contribution in [0.5, 0.6) is 5.75 Å². The summed E-state index contributed by atoms with van der Waals surface area (Å²) in [4.78, 5) is 23.8. The molecule has 0 heterocycles. The van der Waals surface area contributed by atoms with Gasteiger partial charge in [0.2, 0.25) is 0 Å². The number of carbonyl (C=O) groups is 2. The predicted molar refractivity (Wildman–Crippen MR) is 99.3 cm³/mol. The van der Waals surface area contributed by atoms with Gasteiger partial charge in [-0.25, -0.2) is 0 Å². The van der Waals surface area contributed by atoms with Gasteiger partial charge in [0.05, 0.1) is 11.1 Å². The topological polar surface area (TPSA) is 76.7 Å². The first-order valence-corrected chi connectivity index (χ1v) is 8.39. The van der Waals surface area contributed by atoms with E-state index in [2.05, 4.69) is 26.6 Å². The van der Waals surface area contributed by atoms with E-state index in [0.29, 0.717) is 40.3 Å². The maximum atomic E-state index is 12.3. The molecule has 25 heavy (non-hydrogen) atoms. The Morgan fingerprint density at radius 3 is 2.28 bits per heavy atom. The number of amides is 2. The zero-order valence-electron chi connectivity index (χ0n) is 14.0. The second kappa shape index (κ2) is 9.19. The standard InChI is InChI=1S/C18H19BrN2O4/c1-20-17(22)12-3-6-14(7-4-12)21-18(23)13-5-8-16(15(19)11-13)25-10-9-24-2/h3-8,11H,9-10H2,1-2H3,(H,20,22)(H,21,23). The first kappa shape index (κ1) is 19.0. The molecule has 0 radical (unpaired) electrons. The molecule has 2 N–H and O–H groups in total. The number of ether oxygens (including phenoxy) is 2. The SMILES string of the molecule is CNC(=O)c1ccc(NC(=O)c2ccc(OCCOC)c(Br)c2)cc1. The zero-order valence-corrected chi connectivity index (χ0v) is 15.6. The Labute approximate surface area is 154 Å². The van der Waals surface area contributed by atoms with Gasteiger partial charge in [-0.1, -0.05) is 0 Å². The number of anilines is 1. The molecule has 2 amide bonds. The minimum Gasteiger partial charge on any atom is -0.490 e. The van der Waals surface area contributed by atoms with E-state index in [0.717, 1.165) is 0 Å². The maximum absolute atomic E-state index is 12.3. The van der Waals surface area contributed by atoms with E-state index in [1.165, 1.54) is 0 Å². The molecule has 2 aromatic rings. The van der Waals surface area contributed by atoms with E-state index < -0.39 is 0 Å². The highest BCUT2D eigenvalue weighted by Gasteiger charge is 2.10. The Morgan fingerprint density at radius 1 is 1.00 bits per heavy atom. The van der Waals surface area contributed by atoms with Crippen LogP contribution in [0.3, 0.4) is 0 Å². The summed E-state index contributed by atoms with van der Waals surface area (Å²) < 4.78 is 11.2. The molecule has 2 rings (SSSR count). The number of carbonyl (C=O) groups excluding carboxylic acids is 2. The fourth-order valence-electron chi connectivity index (χ4n) is 2.05. The largest absolute Gasteiger partial charge is 0.490 e. The summed E-state index contributed by atoms with van der Waals surface area (Å²) in [5.41, 5.74) is 1.62. The third-order valence-corrected chi connectivity index (χ3v) is 3.99. The van der Waals surface area contributed by atoms with E-state index in [1.807, 2.05) is 0 Å². The molecule has 0 saturated heterocycles. The van der Waals surface area contributed by atoms with Gasteiger partial charge >= 0.3 is 0 Å². The number of halogens is 1. The number of hydrogen-bond acceptors (Lipinski definition) is 4. The van der Waals surface area contributed by atoms with Crippen LogP contribution in [0.25, 0.3) is 0 Å². The second-order valence-corrected chi connectivity index (χ2v) is 5.95. The van der Waals surface area contributed by atoms with Crippen LogP contribution < -0.4 is 15.4 Å². The third-order valence-electron chi connectivity index (χ3n) is 3.37. The molecule has 0 aliphatic rings. The van der Waals surface area contributed by atoms with Crippen molar-refractivity contribution in [1.82, 2.24) is 5.32 Å². The minimum absolute atomic E-state index is 0.175. The van der Waals surface area contributed by atoms with Crippen molar-refractivity contribution < 1.29 is 19.1 Å². The summed E-state index contributed by atoms with van der Waals surface area (Å²) in [7, 11) is 3.17. The van der Waals surface area contributed by atoms with Crippen molar-refractivity contribution in [3.63, 3.8) is 0 Å².